The lowest BCUT2D eigenvalue weighted by Crippen LogP contribution is -2.17. The normalized spacial score (nSPS) is 17.2. The number of esters is 1. The molecular weight excluding hydrogens is 933 g/mol. The number of methoxy groups -OCH3 is 1. The number of aromatic nitrogens is 2. The number of hydrogen-bond donors (Lipinski definition) is 0. The van der Waals surface area contributed by atoms with Crippen LogP contribution >= 0.6 is 0 Å². The molecule has 2 heterocycles. The first-order chi connectivity index (χ1) is 36.8. The molecular formula is C66H88N2O7. The first-order valence-electron chi connectivity index (χ1n) is 29.6. The van der Waals surface area contributed by atoms with Crippen LogP contribution in [-0.4, -0.2) is 42.9 Å². The van der Waals surface area contributed by atoms with Gasteiger partial charge in [-0.05, 0) is 158 Å². The number of unbranched alkanes of at least 4 members (excludes halogenated alkanes) is 7. The molecule has 2 aromatic heterocycles. The summed E-state index contributed by atoms with van der Waals surface area (Å²) in [5.74, 6) is 5.54. The first-order valence-corrected chi connectivity index (χ1v) is 29.6. The summed E-state index contributed by atoms with van der Waals surface area (Å²) in [7, 11) is 1.72. The maximum Gasteiger partial charge on any atom is 0.330 e. The maximum absolute atomic E-state index is 12.9. The fourth-order valence-corrected chi connectivity index (χ4v) is 11.7. The smallest absolute Gasteiger partial charge is 0.330 e. The Bertz CT molecular complexity index is 2730. The third-order valence-electron chi connectivity index (χ3n) is 16.5. The lowest BCUT2D eigenvalue weighted by Gasteiger charge is -2.32. The molecule has 9 nitrogen and oxygen atoms in total. The fraction of sp³-hybridized carbons (Fsp3) is 0.561. The van der Waals surface area contributed by atoms with Crippen LogP contribution in [0.2, 0.25) is 0 Å². The van der Waals surface area contributed by atoms with Crippen molar-refractivity contribution in [2.24, 2.45) is 11.8 Å². The van der Waals surface area contributed by atoms with E-state index >= 15 is 0 Å². The molecule has 0 spiro atoms. The highest BCUT2D eigenvalue weighted by molar-refractivity contribution is 5.87. The molecule has 2 aliphatic rings. The highest BCUT2D eigenvalue weighted by Crippen LogP contribution is 2.47. The van der Waals surface area contributed by atoms with E-state index in [0.29, 0.717) is 48.3 Å². The van der Waals surface area contributed by atoms with E-state index in [1.807, 2.05) is 12.1 Å². The SMILES string of the molecule is CCCCCCCCOC(=O)/C=C/c1ccc(OC)cc1C1CCCC(c2cc3nc(-c4ccc(-c5nc6cc(C7CCCCC7)c(OCC(CC)CCCC)cc6o5)cc4)oc3cc2OCC(CC)CCCC)C1. The molecule has 4 aromatic carbocycles. The number of carbonyl (C=O) groups is 1. The molecule has 0 saturated heterocycles. The largest absolute Gasteiger partial charge is 0.497 e. The fourth-order valence-electron chi connectivity index (χ4n) is 11.7. The summed E-state index contributed by atoms with van der Waals surface area (Å²) in [5, 5.41) is 0. The Morgan fingerprint density at radius 2 is 1.13 bits per heavy atom. The zero-order chi connectivity index (χ0) is 52.4. The molecule has 2 aliphatic carbocycles. The molecule has 404 valence electrons. The van der Waals surface area contributed by atoms with Gasteiger partial charge in [0.15, 0.2) is 11.2 Å². The van der Waals surface area contributed by atoms with Crippen LogP contribution in [0.15, 0.2) is 81.6 Å². The van der Waals surface area contributed by atoms with Crippen molar-refractivity contribution >= 4 is 34.2 Å². The van der Waals surface area contributed by atoms with Crippen LogP contribution in [0.5, 0.6) is 17.2 Å². The first kappa shape index (κ1) is 55.7. The summed E-state index contributed by atoms with van der Waals surface area (Å²) in [6.07, 6.45) is 30.1. The van der Waals surface area contributed by atoms with Crippen molar-refractivity contribution < 1.29 is 32.6 Å². The van der Waals surface area contributed by atoms with E-state index in [1.165, 1.54) is 107 Å². The van der Waals surface area contributed by atoms with Crippen molar-refractivity contribution in [2.45, 2.75) is 200 Å². The Balaban J connectivity index is 1.03. The second-order valence-corrected chi connectivity index (χ2v) is 21.9. The number of hydrogen-bond acceptors (Lipinski definition) is 9. The van der Waals surface area contributed by atoms with E-state index in [1.54, 1.807) is 13.2 Å². The highest BCUT2D eigenvalue weighted by atomic mass is 16.5. The highest BCUT2D eigenvalue weighted by Gasteiger charge is 2.30. The van der Waals surface area contributed by atoms with Gasteiger partial charge in [-0.15, -0.1) is 0 Å². The molecule has 4 unspecified atom stereocenters. The third kappa shape index (κ3) is 15.1. The van der Waals surface area contributed by atoms with Gasteiger partial charge in [-0.1, -0.05) is 137 Å². The van der Waals surface area contributed by atoms with Gasteiger partial charge in [0.2, 0.25) is 11.8 Å². The average molecular weight is 1020 g/mol. The van der Waals surface area contributed by atoms with Crippen molar-refractivity contribution in [1.29, 1.82) is 0 Å². The minimum Gasteiger partial charge on any atom is -0.497 e. The summed E-state index contributed by atoms with van der Waals surface area (Å²) in [4.78, 5) is 23.1. The number of oxazole rings is 2. The van der Waals surface area contributed by atoms with Crippen LogP contribution in [-0.2, 0) is 9.53 Å². The van der Waals surface area contributed by atoms with Crippen molar-refractivity contribution in [3.05, 3.63) is 95.1 Å². The lowest BCUT2D eigenvalue weighted by molar-refractivity contribution is -0.137. The van der Waals surface area contributed by atoms with Gasteiger partial charge in [0.1, 0.15) is 28.3 Å². The molecule has 9 heteroatoms. The molecule has 0 amide bonds. The molecule has 8 rings (SSSR count). The number of fused-ring (bicyclic) bond motifs is 2. The molecule has 6 aromatic rings. The van der Waals surface area contributed by atoms with Gasteiger partial charge in [0, 0.05) is 29.3 Å². The summed E-state index contributed by atoms with van der Waals surface area (Å²) < 4.78 is 38.1. The molecule has 75 heavy (non-hydrogen) atoms. The summed E-state index contributed by atoms with van der Waals surface area (Å²) in [6.45, 7) is 13.1. The van der Waals surface area contributed by atoms with Crippen LogP contribution in [0.25, 0.3) is 51.2 Å². The number of carbonyl (C=O) groups excluding carboxylic acids is 1. The van der Waals surface area contributed by atoms with Crippen LogP contribution in [0.1, 0.15) is 222 Å². The van der Waals surface area contributed by atoms with E-state index in [2.05, 4.69) is 95.3 Å². The predicted molar refractivity (Wildman–Crippen MR) is 306 cm³/mol. The summed E-state index contributed by atoms with van der Waals surface area (Å²) in [6, 6.07) is 23.1. The Labute approximate surface area is 449 Å². The zero-order valence-corrected chi connectivity index (χ0v) is 46.5. The van der Waals surface area contributed by atoms with Crippen molar-refractivity contribution in [3.8, 4) is 40.2 Å². The molecule has 0 radical (unpaired) electrons. The number of ether oxygens (including phenoxy) is 4. The minimum absolute atomic E-state index is 0.236. The summed E-state index contributed by atoms with van der Waals surface area (Å²) in [5.41, 5.74) is 9.64. The van der Waals surface area contributed by atoms with Crippen molar-refractivity contribution in [3.63, 3.8) is 0 Å². The van der Waals surface area contributed by atoms with Gasteiger partial charge in [0.25, 0.3) is 0 Å². The molecule has 2 fully saturated rings. The van der Waals surface area contributed by atoms with Gasteiger partial charge in [-0.2, -0.15) is 0 Å². The molecule has 4 atom stereocenters. The van der Waals surface area contributed by atoms with Crippen LogP contribution < -0.4 is 14.2 Å². The second-order valence-electron chi connectivity index (χ2n) is 21.9. The monoisotopic (exact) mass is 1020 g/mol. The van der Waals surface area contributed by atoms with E-state index in [0.717, 1.165) is 115 Å². The molecule has 0 aliphatic heterocycles. The van der Waals surface area contributed by atoms with Crippen molar-refractivity contribution in [2.75, 3.05) is 26.9 Å². The molecule has 2 saturated carbocycles. The van der Waals surface area contributed by atoms with Gasteiger partial charge in [-0.3, -0.25) is 0 Å². The Kier molecular flexibility index (Phi) is 21.2. The maximum atomic E-state index is 12.9. The Morgan fingerprint density at radius 1 is 0.600 bits per heavy atom. The summed E-state index contributed by atoms with van der Waals surface area (Å²) >= 11 is 0. The van der Waals surface area contributed by atoms with E-state index in [-0.39, 0.29) is 17.8 Å². The average Bonchev–Trinajstić information content (AvgIpc) is 4.08. The van der Waals surface area contributed by atoms with Crippen LogP contribution in [0, 0.1) is 11.8 Å². The molecule has 0 N–H and O–H groups in total. The topological polar surface area (TPSA) is 106 Å². The van der Waals surface area contributed by atoms with Crippen LogP contribution in [0.3, 0.4) is 0 Å². The van der Waals surface area contributed by atoms with E-state index < -0.39 is 0 Å². The number of benzene rings is 4. The van der Waals surface area contributed by atoms with Gasteiger partial charge in [-0.25, -0.2) is 14.8 Å². The van der Waals surface area contributed by atoms with E-state index in [9.17, 15) is 4.79 Å². The lowest BCUT2D eigenvalue weighted by atomic mass is 9.74. The third-order valence-corrected chi connectivity index (χ3v) is 16.5. The standard InChI is InChI=1S/C66H88N2O7/c1-7-12-15-16-17-21-37-71-64(69)36-34-49-33-35-54(70-6)39-55(49)52-27-22-28-53(38-52)57-41-59-63(43-61(57)73-45-47(11-5)24-14-9-3)75-66(68-59)51-31-29-50(30-32-51)65-67-58-40-56(48-25-19-18-20-26-48)60(42-62(58)74-65)72-44-46(10-4)23-13-8-2/h29-36,39-43,46-48,52-53H,7-28,37-38,44-45H2,1-6H3/b36-34+. The number of nitrogens with zero attached hydrogens (tertiary/aromatic N) is 2. The van der Waals surface area contributed by atoms with Crippen molar-refractivity contribution in [1.82, 2.24) is 9.97 Å². The Morgan fingerprint density at radius 3 is 1.69 bits per heavy atom. The van der Waals surface area contributed by atoms with Crippen LogP contribution in [0.4, 0.5) is 0 Å². The predicted octanol–water partition coefficient (Wildman–Crippen LogP) is 18.9. The Hall–Kier alpha value is -5.57. The molecule has 0 bridgehead atoms. The van der Waals surface area contributed by atoms with Gasteiger partial charge < -0.3 is 27.8 Å². The minimum atomic E-state index is -0.293. The van der Waals surface area contributed by atoms with E-state index in [4.69, 9.17) is 37.7 Å². The second kappa shape index (κ2) is 28.5. The van der Waals surface area contributed by atoms with Gasteiger partial charge >= 0.3 is 5.97 Å². The van der Waals surface area contributed by atoms with Gasteiger partial charge in [0.05, 0.1) is 26.9 Å². The number of rotatable bonds is 29. The quantitative estimate of drug-likeness (QED) is 0.0258. The zero-order valence-electron chi connectivity index (χ0n) is 46.5.